The number of hydrogen-bond donors (Lipinski definition) is 1. The highest BCUT2D eigenvalue weighted by molar-refractivity contribution is 7.89. The van der Waals surface area contributed by atoms with Crippen molar-refractivity contribution in [2.75, 3.05) is 20.2 Å². The minimum atomic E-state index is -3.53. The van der Waals surface area contributed by atoms with Gasteiger partial charge in [0.05, 0.1) is 12.0 Å². The van der Waals surface area contributed by atoms with E-state index in [2.05, 4.69) is 5.32 Å². The molecule has 3 rings (SSSR count). The van der Waals surface area contributed by atoms with Crippen LogP contribution in [0.15, 0.2) is 53.4 Å². The van der Waals surface area contributed by atoms with Gasteiger partial charge in [-0.3, -0.25) is 4.79 Å². The van der Waals surface area contributed by atoms with E-state index in [0.29, 0.717) is 49.5 Å². The fraction of sp³-hybridized carbons (Fsp3) is 0.381. The Morgan fingerprint density at radius 1 is 1.10 bits per heavy atom. The normalized spacial score (nSPS) is 15.8. The van der Waals surface area contributed by atoms with Crippen LogP contribution in [-0.2, 0) is 21.2 Å². The molecule has 0 aromatic heterocycles. The SMILES string of the molecule is COc1ccc(S(=O)(=O)N2CCC(NC(=O)CCc3ccc(Cl)cc3)CC2)cc1. The van der Waals surface area contributed by atoms with Gasteiger partial charge in [-0.05, 0) is 61.2 Å². The first kappa shape index (κ1) is 21.6. The lowest BCUT2D eigenvalue weighted by atomic mass is 10.1. The van der Waals surface area contributed by atoms with Crippen LogP contribution >= 0.6 is 11.6 Å². The van der Waals surface area contributed by atoms with E-state index in [9.17, 15) is 13.2 Å². The number of nitrogens with one attached hydrogen (secondary N) is 1. The van der Waals surface area contributed by atoms with Crippen molar-refractivity contribution < 1.29 is 17.9 Å². The van der Waals surface area contributed by atoms with Gasteiger partial charge in [0.1, 0.15) is 5.75 Å². The van der Waals surface area contributed by atoms with E-state index in [-0.39, 0.29) is 16.8 Å². The number of ether oxygens (including phenoxy) is 1. The summed E-state index contributed by atoms with van der Waals surface area (Å²) in [6, 6.07) is 13.8. The quantitative estimate of drug-likeness (QED) is 0.722. The van der Waals surface area contributed by atoms with Gasteiger partial charge in [-0.25, -0.2) is 8.42 Å². The monoisotopic (exact) mass is 436 g/mol. The number of sulfonamides is 1. The first-order chi connectivity index (χ1) is 13.9. The third kappa shape index (κ3) is 5.72. The van der Waals surface area contributed by atoms with Gasteiger partial charge in [0, 0.05) is 30.6 Å². The van der Waals surface area contributed by atoms with Crippen LogP contribution in [0.1, 0.15) is 24.8 Å². The molecule has 1 saturated heterocycles. The zero-order valence-corrected chi connectivity index (χ0v) is 17.9. The molecule has 1 amide bonds. The molecule has 1 aliphatic heterocycles. The standard InChI is InChI=1S/C21H25ClN2O4S/c1-28-19-7-9-20(10-8-19)29(26,27)24-14-12-18(13-15-24)23-21(25)11-4-16-2-5-17(22)6-3-16/h2-3,5-10,18H,4,11-15H2,1H3,(H,23,25). The summed E-state index contributed by atoms with van der Waals surface area (Å²) < 4.78 is 32.1. The minimum Gasteiger partial charge on any atom is -0.497 e. The number of hydrogen-bond acceptors (Lipinski definition) is 4. The number of nitrogens with zero attached hydrogens (tertiary/aromatic N) is 1. The van der Waals surface area contributed by atoms with E-state index in [1.807, 2.05) is 24.3 Å². The maximum atomic E-state index is 12.8. The average molecular weight is 437 g/mol. The predicted molar refractivity (Wildman–Crippen MR) is 113 cm³/mol. The highest BCUT2D eigenvalue weighted by Crippen LogP contribution is 2.23. The minimum absolute atomic E-state index is 0.00460. The van der Waals surface area contributed by atoms with Crippen molar-refractivity contribution in [3.05, 3.63) is 59.1 Å². The van der Waals surface area contributed by atoms with Gasteiger partial charge in [-0.2, -0.15) is 4.31 Å². The zero-order chi connectivity index (χ0) is 20.9. The number of carbonyl (C=O) groups excluding carboxylic acids is 1. The van der Waals surface area contributed by atoms with E-state index in [4.69, 9.17) is 16.3 Å². The fourth-order valence-electron chi connectivity index (χ4n) is 3.35. The van der Waals surface area contributed by atoms with E-state index >= 15 is 0 Å². The first-order valence-electron chi connectivity index (χ1n) is 9.56. The fourth-order valence-corrected chi connectivity index (χ4v) is 4.94. The van der Waals surface area contributed by atoms with Gasteiger partial charge in [0.25, 0.3) is 0 Å². The third-order valence-electron chi connectivity index (χ3n) is 5.07. The predicted octanol–water partition coefficient (Wildman–Crippen LogP) is 3.25. The van der Waals surface area contributed by atoms with Crippen LogP contribution in [0.4, 0.5) is 0 Å². The molecule has 2 aromatic rings. The summed E-state index contributed by atoms with van der Waals surface area (Å²) in [6.07, 6.45) is 2.24. The van der Waals surface area contributed by atoms with E-state index < -0.39 is 10.0 Å². The van der Waals surface area contributed by atoms with Gasteiger partial charge < -0.3 is 10.1 Å². The molecule has 0 unspecified atom stereocenters. The Labute approximate surface area is 176 Å². The molecule has 1 N–H and O–H groups in total. The van der Waals surface area contributed by atoms with Crippen LogP contribution in [0, 0.1) is 0 Å². The summed E-state index contributed by atoms with van der Waals surface area (Å²) >= 11 is 5.87. The largest absolute Gasteiger partial charge is 0.497 e. The number of piperidine rings is 1. The van der Waals surface area contributed by atoms with Crippen LogP contribution in [0.5, 0.6) is 5.75 Å². The Morgan fingerprint density at radius 3 is 2.31 bits per heavy atom. The molecular weight excluding hydrogens is 412 g/mol. The lowest BCUT2D eigenvalue weighted by Gasteiger charge is -2.31. The van der Waals surface area contributed by atoms with Gasteiger partial charge in [0.15, 0.2) is 0 Å². The van der Waals surface area contributed by atoms with Crippen LogP contribution < -0.4 is 10.1 Å². The Kier molecular flexibility index (Phi) is 7.16. The summed E-state index contributed by atoms with van der Waals surface area (Å²) in [5.74, 6) is 0.598. The van der Waals surface area contributed by atoms with Crippen LogP contribution in [0.25, 0.3) is 0 Å². The maximum absolute atomic E-state index is 12.8. The molecule has 0 aliphatic carbocycles. The van der Waals surface area contributed by atoms with Crippen molar-refractivity contribution in [2.45, 2.75) is 36.6 Å². The average Bonchev–Trinajstić information content (AvgIpc) is 2.74. The van der Waals surface area contributed by atoms with Crippen molar-refractivity contribution in [1.82, 2.24) is 9.62 Å². The highest BCUT2D eigenvalue weighted by Gasteiger charge is 2.29. The number of benzene rings is 2. The van der Waals surface area contributed by atoms with Gasteiger partial charge in [-0.15, -0.1) is 0 Å². The summed E-state index contributed by atoms with van der Waals surface area (Å²) in [5.41, 5.74) is 1.06. The molecular formula is C21H25ClN2O4S. The number of methoxy groups -OCH3 is 1. The summed E-state index contributed by atoms with van der Waals surface area (Å²) in [6.45, 7) is 0.771. The zero-order valence-electron chi connectivity index (χ0n) is 16.3. The second kappa shape index (κ2) is 9.61. The second-order valence-corrected chi connectivity index (χ2v) is 9.42. The van der Waals surface area contributed by atoms with Crippen LogP contribution in [-0.4, -0.2) is 44.9 Å². The Hall–Kier alpha value is -2.09. The summed E-state index contributed by atoms with van der Waals surface area (Å²) in [7, 11) is -1.99. The number of carbonyl (C=O) groups is 1. The molecule has 6 nitrogen and oxygen atoms in total. The first-order valence-corrected chi connectivity index (χ1v) is 11.4. The smallest absolute Gasteiger partial charge is 0.243 e. The van der Waals surface area contributed by atoms with Crippen molar-refractivity contribution in [1.29, 1.82) is 0 Å². The second-order valence-electron chi connectivity index (χ2n) is 7.05. The Morgan fingerprint density at radius 2 is 1.72 bits per heavy atom. The molecule has 0 spiro atoms. The molecule has 0 bridgehead atoms. The Bertz CT molecular complexity index is 922. The van der Waals surface area contributed by atoms with Crippen molar-refractivity contribution in [2.24, 2.45) is 0 Å². The van der Waals surface area contributed by atoms with Gasteiger partial charge in [-0.1, -0.05) is 23.7 Å². The number of rotatable bonds is 7. The molecule has 29 heavy (non-hydrogen) atoms. The van der Waals surface area contributed by atoms with Crippen LogP contribution in [0.3, 0.4) is 0 Å². The molecule has 156 valence electrons. The number of amides is 1. The molecule has 8 heteroatoms. The highest BCUT2D eigenvalue weighted by atomic mass is 35.5. The lowest BCUT2D eigenvalue weighted by Crippen LogP contribution is -2.46. The van der Waals surface area contributed by atoms with Crippen LogP contribution in [0.2, 0.25) is 5.02 Å². The van der Waals surface area contributed by atoms with Gasteiger partial charge in [0.2, 0.25) is 15.9 Å². The van der Waals surface area contributed by atoms with Gasteiger partial charge >= 0.3 is 0 Å². The maximum Gasteiger partial charge on any atom is 0.243 e. The topological polar surface area (TPSA) is 75.7 Å². The van der Waals surface area contributed by atoms with E-state index in [1.165, 1.54) is 11.4 Å². The molecule has 1 aliphatic rings. The summed E-state index contributed by atoms with van der Waals surface area (Å²) in [5, 5.41) is 3.70. The third-order valence-corrected chi connectivity index (χ3v) is 7.24. The summed E-state index contributed by atoms with van der Waals surface area (Å²) in [4.78, 5) is 12.5. The molecule has 0 saturated carbocycles. The molecule has 2 aromatic carbocycles. The molecule has 1 heterocycles. The number of aryl methyl sites for hydroxylation is 1. The van der Waals surface area contributed by atoms with E-state index in [0.717, 1.165) is 5.56 Å². The van der Waals surface area contributed by atoms with E-state index in [1.54, 1.807) is 24.3 Å². The lowest BCUT2D eigenvalue weighted by molar-refractivity contribution is -0.122. The Balaban J connectivity index is 1.47. The van der Waals surface area contributed by atoms with Crippen molar-refractivity contribution in [3.8, 4) is 5.75 Å². The molecule has 0 atom stereocenters. The molecule has 1 fully saturated rings. The number of halogens is 1. The van der Waals surface area contributed by atoms with Crippen molar-refractivity contribution >= 4 is 27.5 Å². The van der Waals surface area contributed by atoms with Crippen molar-refractivity contribution in [3.63, 3.8) is 0 Å². The molecule has 0 radical (unpaired) electrons.